The van der Waals surface area contributed by atoms with Crippen molar-refractivity contribution in [2.24, 2.45) is 0 Å². The molecule has 27 heavy (non-hydrogen) atoms. The highest BCUT2D eigenvalue weighted by atomic mass is 16.5. The average molecular weight is 364 g/mol. The quantitative estimate of drug-likeness (QED) is 0.611. The van der Waals surface area contributed by atoms with Crippen LogP contribution >= 0.6 is 0 Å². The van der Waals surface area contributed by atoms with Gasteiger partial charge in [-0.1, -0.05) is 31.2 Å². The maximum absolute atomic E-state index is 12.6. The fourth-order valence-electron chi connectivity index (χ4n) is 3.05. The summed E-state index contributed by atoms with van der Waals surface area (Å²) in [6, 6.07) is 18.6. The van der Waals surface area contributed by atoms with Crippen LogP contribution in [0.3, 0.4) is 0 Å². The van der Waals surface area contributed by atoms with Gasteiger partial charge in [0.25, 0.3) is 0 Å². The molecule has 140 valence electrons. The SMILES string of the molecule is CCCN(C(=O)CCCOc1cccc2[nH]c(=O)ccc12)c1ccccc1. The van der Waals surface area contributed by atoms with Gasteiger partial charge in [-0.15, -0.1) is 0 Å². The number of para-hydroxylation sites is 1. The van der Waals surface area contributed by atoms with Gasteiger partial charge < -0.3 is 14.6 Å². The van der Waals surface area contributed by atoms with Gasteiger partial charge in [0.05, 0.1) is 12.1 Å². The number of ether oxygens (including phenoxy) is 1. The van der Waals surface area contributed by atoms with Crippen LogP contribution in [0.25, 0.3) is 10.9 Å². The Hall–Kier alpha value is -3.08. The maximum atomic E-state index is 12.6. The van der Waals surface area contributed by atoms with Crippen molar-refractivity contribution < 1.29 is 9.53 Å². The lowest BCUT2D eigenvalue weighted by atomic mass is 10.2. The van der Waals surface area contributed by atoms with E-state index in [1.165, 1.54) is 6.07 Å². The first-order valence-corrected chi connectivity index (χ1v) is 9.29. The van der Waals surface area contributed by atoms with E-state index >= 15 is 0 Å². The summed E-state index contributed by atoms with van der Waals surface area (Å²) in [7, 11) is 0. The highest BCUT2D eigenvalue weighted by Gasteiger charge is 2.14. The Labute approximate surface area is 158 Å². The minimum atomic E-state index is -0.137. The first-order valence-electron chi connectivity index (χ1n) is 9.29. The normalized spacial score (nSPS) is 10.7. The van der Waals surface area contributed by atoms with Crippen LogP contribution < -0.4 is 15.2 Å². The van der Waals surface area contributed by atoms with Gasteiger partial charge in [-0.3, -0.25) is 9.59 Å². The number of H-pyrrole nitrogens is 1. The summed E-state index contributed by atoms with van der Waals surface area (Å²) in [6.07, 6.45) is 1.97. The molecule has 5 nitrogen and oxygen atoms in total. The van der Waals surface area contributed by atoms with E-state index in [1.54, 1.807) is 6.07 Å². The number of carbonyl (C=O) groups is 1. The third-order valence-electron chi connectivity index (χ3n) is 4.33. The second-order valence-corrected chi connectivity index (χ2v) is 6.37. The second-order valence-electron chi connectivity index (χ2n) is 6.37. The van der Waals surface area contributed by atoms with Gasteiger partial charge in [-0.2, -0.15) is 0 Å². The van der Waals surface area contributed by atoms with Crippen molar-refractivity contribution in [2.75, 3.05) is 18.1 Å². The third-order valence-corrected chi connectivity index (χ3v) is 4.33. The van der Waals surface area contributed by atoms with Crippen molar-refractivity contribution in [3.63, 3.8) is 0 Å². The molecule has 0 aliphatic heterocycles. The molecule has 0 unspecified atom stereocenters. The number of anilines is 1. The molecule has 2 aromatic carbocycles. The molecule has 0 aliphatic rings. The number of fused-ring (bicyclic) bond motifs is 1. The van der Waals surface area contributed by atoms with Crippen molar-refractivity contribution in [3.05, 3.63) is 71.0 Å². The van der Waals surface area contributed by atoms with Crippen molar-refractivity contribution in [1.82, 2.24) is 4.98 Å². The van der Waals surface area contributed by atoms with Gasteiger partial charge in [0, 0.05) is 30.1 Å². The summed E-state index contributed by atoms with van der Waals surface area (Å²) >= 11 is 0. The molecule has 3 rings (SSSR count). The number of nitrogens with one attached hydrogen (secondary N) is 1. The summed E-state index contributed by atoms with van der Waals surface area (Å²) in [4.78, 5) is 28.7. The molecular formula is C22H24N2O3. The maximum Gasteiger partial charge on any atom is 0.248 e. The minimum Gasteiger partial charge on any atom is -0.493 e. The first-order chi connectivity index (χ1) is 13.2. The molecule has 0 aliphatic carbocycles. The predicted molar refractivity (Wildman–Crippen MR) is 108 cm³/mol. The smallest absolute Gasteiger partial charge is 0.248 e. The van der Waals surface area contributed by atoms with E-state index in [4.69, 9.17) is 4.74 Å². The molecule has 0 fully saturated rings. The summed E-state index contributed by atoms with van der Waals surface area (Å²) < 4.78 is 5.86. The van der Waals surface area contributed by atoms with Crippen LogP contribution in [0.15, 0.2) is 65.5 Å². The fraction of sp³-hybridized carbons (Fsp3) is 0.273. The lowest BCUT2D eigenvalue weighted by Gasteiger charge is -2.22. The largest absolute Gasteiger partial charge is 0.493 e. The van der Waals surface area contributed by atoms with E-state index in [9.17, 15) is 9.59 Å². The molecule has 0 saturated carbocycles. The van der Waals surface area contributed by atoms with Crippen LogP contribution in [-0.4, -0.2) is 24.0 Å². The highest BCUT2D eigenvalue weighted by molar-refractivity contribution is 5.93. The van der Waals surface area contributed by atoms with Crippen molar-refractivity contribution in [3.8, 4) is 5.75 Å². The predicted octanol–water partition coefficient (Wildman–Crippen LogP) is 4.13. The summed E-state index contributed by atoms with van der Waals surface area (Å²) in [5, 5.41) is 0.861. The number of aromatic amines is 1. The van der Waals surface area contributed by atoms with E-state index < -0.39 is 0 Å². The number of hydrogen-bond donors (Lipinski definition) is 1. The monoisotopic (exact) mass is 364 g/mol. The van der Waals surface area contributed by atoms with Gasteiger partial charge in [0.2, 0.25) is 11.5 Å². The van der Waals surface area contributed by atoms with E-state index in [0.717, 1.165) is 23.0 Å². The number of amides is 1. The minimum absolute atomic E-state index is 0.105. The van der Waals surface area contributed by atoms with Crippen LogP contribution in [0.1, 0.15) is 26.2 Å². The van der Waals surface area contributed by atoms with Crippen LogP contribution in [0.5, 0.6) is 5.75 Å². The zero-order chi connectivity index (χ0) is 19.1. The average Bonchev–Trinajstić information content (AvgIpc) is 2.69. The van der Waals surface area contributed by atoms with Crippen LogP contribution in [0.2, 0.25) is 0 Å². The molecule has 1 heterocycles. The van der Waals surface area contributed by atoms with Crippen molar-refractivity contribution in [2.45, 2.75) is 26.2 Å². The topological polar surface area (TPSA) is 62.4 Å². The van der Waals surface area contributed by atoms with Crippen LogP contribution in [0, 0.1) is 0 Å². The number of hydrogen-bond acceptors (Lipinski definition) is 3. The molecule has 1 amide bonds. The van der Waals surface area contributed by atoms with E-state index in [0.29, 0.717) is 31.7 Å². The van der Waals surface area contributed by atoms with E-state index in [2.05, 4.69) is 11.9 Å². The number of aromatic nitrogens is 1. The Bertz CT molecular complexity index is 950. The summed E-state index contributed by atoms with van der Waals surface area (Å²) in [6.45, 7) is 3.22. The number of rotatable bonds is 8. The zero-order valence-corrected chi connectivity index (χ0v) is 15.5. The molecular weight excluding hydrogens is 340 g/mol. The Morgan fingerprint density at radius 3 is 2.63 bits per heavy atom. The van der Waals surface area contributed by atoms with Crippen molar-refractivity contribution >= 4 is 22.5 Å². The van der Waals surface area contributed by atoms with Crippen LogP contribution in [-0.2, 0) is 4.79 Å². The molecule has 1 N–H and O–H groups in total. The number of benzene rings is 2. The summed E-state index contributed by atoms with van der Waals surface area (Å²) in [5.41, 5.74) is 1.54. The lowest BCUT2D eigenvalue weighted by molar-refractivity contribution is -0.118. The fourth-order valence-corrected chi connectivity index (χ4v) is 3.05. The van der Waals surface area contributed by atoms with E-state index in [-0.39, 0.29) is 11.5 Å². The van der Waals surface area contributed by atoms with Crippen LogP contribution in [0.4, 0.5) is 5.69 Å². The first kappa shape index (κ1) is 18.7. The van der Waals surface area contributed by atoms with Gasteiger partial charge in [-0.25, -0.2) is 0 Å². The molecule has 0 saturated heterocycles. The Morgan fingerprint density at radius 2 is 1.85 bits per heavy atom. The molecule has 0 radical (unpaired) electrons. The molecule has 3 aromatic rings. The third kappa shape index (κ3) is 4.76. The Morgan fingerprint density at radius 1 is 1.04 bits per heavy atom. The lowest BCUT2D eigenvalue weighted by Crippen LogP contribution is -2.31. The molecule has 1 aromatic heterocycles. The molecule has 5 heteroatoms. The second kappa shape index (κ2) is 9.03. The van der Waals surface area contributed by atoms with Crippen molar-refractivity contribution in [1.29, 1.82) is 0 Å². The molecule has 0 atom stereocenters. The zero-order valence-electron chi connectivity index (χ0n) is 15.5. The standard InChI is InChI=1S/C22H24N2O3/c1-2-15-24(17-8-4-3-5-9-17)22(26)12-7-16-27-20-11-6-10-19-18(20)13-14-21(25)23-19/h3-6,8-11,13-14H,2,7,12,15-16H2,1H3,(H,23,25). The number of nitrogens with zero attached hydrogens (tertiary/aromatic N) is 1. The van der Waals surface area contributed by atoms with E-state index in [1.807, 2.05) is 53.4 Å². The van der Waals surface area contributed by atoms with Gasteiger partial charge in [0.15, 0.2) is 0 Å². The Kier molecular flexibility index (Phi) is 6.26. The van der Waals surface area contributed by atoms with Gasteiger partial charge in [-0.05, 0) is 43.2 Å². The molecule has 0 bridgehead atoms. The summed E-state index contributed by atoms with van der Waals surface area (Å²) in [5.74, 6) is 0.818. The number of carbonyl (C=O) groups excluding carboxylic acids is 1. The highest BCUT2D eigenvalue weighted by Crippen LogP contribution is 2.23. The van der Waals surface area contributed by atoms with Gasteiger partial charge >= 0.3 is 0 Å². The van der Waals surface area contributed by atoms with Gasteiger partial charge in [0.1, 0.15) is 5.75 Å². The molecule has 0 spiro atoms. The Balaban J connectivity index is 1.58. The number of pyridine rings is 1.